The Kier molecular flexibility index (Phi) is 10.5. The molecule has 2 aromatic carbocycles. The van der Waals surface area contributed by atoms with Crippen molar-refractivity contribution in [2.75, 3.05) is 33.8 Å². The van der Waals surface area contributed by atoms with Crippen LogP contribution in [0.25, 0.3) is 0 Å². The number of hydrogen-bond donors (Lipinski definition) is 1. The van der Waals surface area contributed by atoms with Gasteiger partial charge in [0.15, 0.2) is 0 Å². The van der Waals surface area contributed by atoms with Crippen molar-refractivity contribution in [3.8, 4) is 0 Å². The third kappa shape index (κ3) is 8.24. The van der Waals surface area contributed by atoms with E-state index in [1.165, 1.54) is 11.6 Å². The van der Waals surface area contributed by atoms with E-state index in [1.807, 2.05) is 5.06 Å². The number of aliphatic hydroxyl groups is 1. The summed E-state index contributed by atoms with van der Waals surface area (Å²) in [7, 11) is 4.16. The van der Waals surface area contributed by atoms with Gasteiger partial charge >= 0.3 is 0 Å². The number of rotatable bonds is 12. The Balaban J connectivity index is 1.83. The normalized spacial score (nSPS) is 19.9. The van der Waals surface area contributed by atoms with Crippen molar-refractivity contribution in [3.63, 3.8) is 0 Å². The first-order valence-electron chi connectivity index (χ1n) is 12.6. The van der Waals surface area contributed by atoms with E-state index in [1.54, 1.807) is 12.1 Å². The van der Waals surface area contributed by atoms with Crippen LogP contribution in [0.4, 0.5) is 4.39 Å². The number of aliphatic hydroxyl groups excluding tert-OH is 1. The van der Waals surface area contributed by atoms with Crippen LogP contribution in [-0.4, -0.2) is 65.9 Å². The van der Waals surface area contributed by atoms with Crippen LogP contribution in [-0.2, 0) is 24.5 Å². The first-order chi connectivity index (χ1) is 16.7. The van der Waals surface area contributed by atoms with Crippen LogP contribution in [0.15, 0.2) is 42.5 Å². The molecule has 3 atom stereocenters. The van der Waals surface area contributed by atoms with Crippen molar-refractivity contribution in [2.45, 2.75) is 59.0 Å². The molecule has 1 aliphatic heterocycles. The van der Waals surface area contributed by atoms with Crippen LogP contribution in [0.3, 0.4) is 0 Å². The van der Waals surface area contributed by atoms with E-state index in [0.29, 0.717) is 42.1 Å². The zero-order valence-electron chi connectivity index (χ0n) is 21.8. The summed E-state index contributed by atoms with van der Waals surface area (Å²) in [6, 6.07) is 13.7. The van der Waals surface area contributed by atoms with Crippen molar-refractivity contribution < 1.29 is 14.3 Å². The summed E-state index contributed by atoms with van der Waals surface area (Å²) in [5.74, 6) is 0.550. The van der Waals surface area contributed by atoms with Gasteiger partial charge in [-0.2, -0.15) is 5.06 Å². The van der Waals surface area contributed by atoms with Gasteiger partial charge in [0.1, 0.15) is 11.9 Å². The van der Waals surface area contributed by atoms with E-state index >= 15 is 0 Å². The summed E-state index contributed by atoms with van der Waals surface area (Å²) >= 11 is 6.43. The maximum Gasteiger partial charge on any atom is 0.129 e. The third-order valence-electron chi connectivity index (χ3n) is 6.59. The lowest BCUT2D eigenvalue weighted by molar-refractivity contribution is -0.163. The van der Waals surface area contributed by atoms with Crippen molar-refractivity contribution in [2.24, 2.45) is 11.8 Å². The summed E-state index contributed by atoms with van der Waals surface area (Å²) < 4.78 is 14.8. The standard InChI is InChI=1S/C28H41ClFN3O2/c1-20(2)12-24(17-31(4)5)32(18-25-26(29)10-7-11-27(25)30)15-22-8-6-9-23(13-22)16-33-14-21(3)28(19-34)35-33/h6-11,13,20-21,24,28,34H,12,14-19H2,1-5H3/t21-,24-,28-/m0/s1. The molecule has 1 heterocycles. The highest BCUT2D eigenvalue weighted by Gasteiger charge is 2.30. The van der Waals surface area contributed by atoms with Crippen LogP contribution in [0, 0.1) is 17.7 Å². The molecule has 2 aromatic rings. The van der Waals surface area contributed by atoms with Gasteiger partial charge in [-0.1, -0.05) is 62.7 Å². The predicted molar refractivity (Wildman–Crippen MR) is 140 cm³/mol. The fourth-order valence-corrected chi connectivity index (χ4v) is 5.08. The second kappa shape index (κ2) is 13.1. The smallest absolute Gasteiger partial charge is 0.129 e. The van der Waals surface area contributed by atoms with Crippen molar-refractivity contribution >= 4 is 11.6 Å². The Bertz CT molecular complexity index is 912. The fourth-order valence-electron chi connectivity index (χ4n) is 4.86. The monoisotopic (exact) mass is 505 g/mol. The molecule has 1 N–H and O–H groups in total. The second-order valence-corrected chi connectivity index (χ2v) is 11.0. The molecule has 5 nitrogen and oxygen atoms in total. The zero-order valence-corrected chi connectivity index (χ0v) is 22.5. The molecular weight excluding hydrogens is 465 g/mol. The molecule has 1 saturated heterocycles. The van der Waals surface area contributed by atoms with E-state index in [0.717, 1.165) is 25.1 Å². The Morgan fingerprint density at radius 1 is 1.14 bits per heavy atom. The van der Waals surface area contributed by atoms with E-state index in [2.05, 4.69) is 68.9 Å². The molecule has 0 radical (unpaired) electrons. The Labute approximate surface area is 215 Å². The predicted octanol–water partition coefficient (Wildman–Crippen LogP) is 5.20. The fraction of sp³-hybridized carbons (Fsp3) is 0.571. The molecule has 0 saturated carbocycles. The summed E-state index contributed by atoms with van der Waals surface area (Å²) in [4.78, 5) is 10.4. The molecule has 3 rings (SSSR count). The first-order valence-corrected chi connectivity index (χ1v) is 13.0. The molecule has 0 aliphatic carbocycles. The Morgan fingerprint density at radius 2 is 1.86 bits per heavy atom. The molecule has 194 valence electrons. The van der Waals surface area contributed by atoms with Gasteiger partial charge in [0.2, 0.25) is 0 Å². The summed E-state index contributed by atoms with van der Waals surface area (Å²) in [6.45, 7) is 10.1. The van der Waals surface area contributed by atoms with E-state index in [9.17, 15) is 9.50 Å². The van der Waals surface area contributed by atoms with E-state index in [4.69, 9.17) is 16.4 Å². The molecular formula is C28H41ClFN3O2. The minimum absolute atomic E-state index is 0.0361. The lowest BCUT2D eigenvalue weighted by Gasteiger charge is -2.35. The molecule has 0 bridgehead atoms. The third-order valence-corrected chi connectivity index (χ3v) is 6.94. The average molecular weight is 506 g/mol. The van der Waals surface area contributed by atoms with Crippen LogP contribution in [0.2, 0.25) is 5.02 Å². The van der Waals surface area contributed by atoms with Crippen LogP contribution >= 0.6 is 11.6 Å². The number of hydroxylamine groups is 2. The molecule has 1 fully saturated rings. The van der Waals surface area contributed by atoms with Gasteiger partial charge < -0.3 is 10.0 Å². The van der Waals surface area contributed by atoms with E-state index < -0.39 is 0 Å². The van der Waals surface area contributed by atoms with Gasteiger partial charge in [0, 0.05) is 55.3 Å². The Morgan fingerprint density at radius 3 is 2.49 bits per heavy atom. The van der Waals surface area contributed by atoms with Gasteiger partial charge in [-0.15, -0.1) is 0 Å². The van der Waals surface area contributed by atoms with Gasteiger partial charge in [-0.05, 0) is 49.7 Å². The summed E-state index contributed by atoms with van der Waals surface area (Å²) in [6.07, 6.45) is 0.869. The number of benzene rings is 2. The summed E-state index contributed by atoms with van der Waals surface area (Å²) in [5.41, 5.74) is 2.88. The number of likely N-dealkylation sites (N-methyl/N-ethyl adjacent to an activating group) is 1. The lowest BCUT2D eigenvalue weighted by Crippen LogP contribution is -2.42. The van der Waals surface area contributed by atoms with Crippen LogP contribution in [0.1, 0.15) is 43.9 Å². The second-order valence-electron chi connectivity index (χ2n) is 10.6. The highest BCUT2D eigenvalue weighted by molar-refractivity contribution is 6.31. The summed E-state index contributed by atoms with van der Waals surface area (Å²) in [5, 5.41) is 11.9. The quantitative estimate of drug-likeness (QED) is 0.429. The number of nitrogens with zero attached hydrogens (tertiary/aromatic N) is 3. The van der Waals surface area contributed by atoms with Crippen LogP contribution < -0.4 is 0 Å². The molecule has 35 heavy (non-hydrogen) atoms. The highest BCUT2D eigenvalue weighted by atomic mass is 35.5. The lowest BCUT2D eigenvalue weighted by atomic mass is 9.99. The zero-order chi connectivity index (χ0) is 25.5. The van der Waals surface area contributed by atoms with Gasteiger partial charge in [0.05, 0.1) is 6.61 Å². The van der Waals surface area contributed by atoms with E-state index in [-0.39, 0.29) is 24.6 Å². The minimum atomic E-state index is -0.261. The van der Waals surface area contributed by atoms with Gasteiger partial charge in [-0.3, -0.25) is 9.74 Å². The van der Waals surface area contributed by atoms with Crippen molar-refractivity contribution in [1.82, 2.24) is 14.9 Å². The number of halogens is 2. The molecule has 0 amide bonds. The molecule has 1 aliphatic rings. The van der Waals surface area contributed by atoms with Crippen molar-refractivity contribution in [3.05, 3.63) is 70.0 Å². The minimum Gasteiger partial charge on any atom is -0.394 e. The molecule has 0 aromatic heterocycles. The first kappa shape index (κ1) is 28.0. The van der Waals surface area contributed by atoms with Gasteiger partial charge in [-0.25, -0.2) is 4.39 Å². The maximum atomic E-state index is 14.8. The van der Waals surface area contributed by atoms with Crippen LogP contribution in [0.5, 0.6) is 0 Å². The largest absolute Gasteiger partial charge is 0.394 e. The SMILES string of the molecule is CC(C)C[C@@H](CN(C)C)N(Cc1cccc(CN2C[C@H](C)[C@H](CO)O2)c1)Cc1c(F)cccc1Cl. The topological polar surface area (TPSA) is 39.2 Å². The molecule has 0 spiro atoms. The number of hydrogen-bond acceptors (Lipinski definition) is 5. The van der Waals surface area contributed by atoms with Gasteiger partial charge in [0.25, 0.3) is 0 Å². The highest BCUT2D eigenvalue weighted by Crippen LogP contribution is 2.26. The maximum absolute atomic E-state index is 14.8. The average Bonchev–Trinajstić information content (AvgIpc) is 3.13. The van der Waals surface area contributed by atoms with Crippen molar-refractivity contribution in [1.29, 1.82) is 0 Å². The molecule has 7 heteroatoms. The molecule has 0 unspecified atom stereocenters. The Hall–Kier alpha value is -1.54.